The van der Waals surface area contributed by atoms with Gasteiger partial charge in [0.05, 0.1) is 25.4 Å². The summed E-state index contributed by atoms with van der Waals surface area (Å²) in [6.45, 7) is 4.25. The second-order valence-corrected chi connectivity index (χ2v) is 8.38. The zero-order valence-corrected chi connectivity index (χ0v) is 19.6. The number of ether oxygens (including phenoxy) is 3. The van der Waals surface area contributed by atoms with Crippen molar-refractivity contribution in [2.75, 3.05) is 26.4 Å². The Hall–Kier alpha value is -2.49. The van der Waals surface area contributed by atoms with Crippen LogP contribution in [0.1, 0.15) is 31.2 Å². The summed E-state index contributed by atoms with van der Waals surface area (Å²) in [7, 11) is 0. The lowest BCUT2D eigenvalue weighted by Gasteiger charge is -2.39. The number of rotatable bonds is 4. The predicted octanol–water partition coefficient (Wildman–Crippen LogP) is 3.28. The molecule has 3 atom stereocenters. The second kappa shape index (κ2) is 13.9. The zero-order valence-electron chi connectivity index (χ0n) is 19.6. The molecule has 2 N–H and O–H groups in total. The molecule has 0 amide bonds. The highest BCUT2D eigenvalue weighted by molar-refractivity contribution is 5.73. The topological polar surface area (TPSA) is 118 Å². The van der Waals surface area contributed by atoms with E-state index in [4.69, 9.17) is 34.0 Å². The van der Waals surface area contributed by atoms with Crippen LogP contribution in [0.4, 0.5) is 26.3 Å². The first-order valence-electron chi connectivity index (χ1n) is 11.4. The van der Waals surface area contributed by atoms with Gasteiger partial charge in [0.2, 0.25) is 0 Å². The van der Waals surface area contributed by atoms with Crippen molar-refractivity contribution in [2.45, 2.75) is 68.9 Å². The van der Waals surface area contributed by atoms with E-state index in [0.717, 1.165) is 51.2 Å². The summed E-state index contributed by atoms with van der Waals surface area (Å²) in [5, 5.41) is 14.2. The molecule has 0 radical (unpaired) electrons. The average Bonchev–Trinajstić information content (AvgIpc) is 3.13. The molecule has 3 aliphatic rings. The number of aliphatic carboxylic acids is 2. The van der Waals surface area contributed by atoms with Gasteiger partial charge in [-0.3, -0.25) is 9.88 Å². The maximum Gasteiger partial charge on any atom is 0.490 e. The van der Waals surface area contributed by atoms with Crippen LogP contribution >= 0.6 is 0 Å². The summed E-state index contributed by atoms with van der Waals surface area (Å²) in [5.41, 5.74) is 1.13. The molecule has 9 nitrogen and oxygen atoms in total. The molecule has 210 valence electrons. The van der Waals surface area contributed by atoms with Crippen LogP contribution in [0.5, 0.6) is 0 Å². The van der Waals surface area contributed by atoms with Crippen molar-refractivity contribution in [3.8, 4) is 0 Å². The highest BCUT2D eigenvalue weighted by atomic mass is 19.4. The van der Waals surface area contributed by atoms with Crippen LogP contribution in [0.25, 0.3) is 0 Å². The van der Waals surface area contributed by atoms with Gasteiger partial charge in [-0.15, -0.1) is 0 Å². The molecule has 3 heterocycles. The third-order valence-electron chi connectivity index (χ3n) is 5.91. The minimum Gasteiger partial charge on any atom is -0.475 e. The number of fused-ring (bicyclic) bond motifs is 2. The van der Waals surface area contributed by atoms with Crippen molar-refractivity contribution in [1.29, 1.82) is 0 Å². The summed E-state index contributed by atoms with van der Waals surface area (Å²) in [6, 6.07) is 5.15. The minimum absolute atomic E-state index is 0.181. The maximum absolute atomic E-state index is 10.6. The number of carbonyl (C=O) groups is 2. The van der Waals surface area contributed by atoms with Gasteiger partial charge in [0.1, 0.15) is 0 Å². The number of halogens is 6. The molecule has 2 saturated heterocycles. The third-order valence-corrected chi connectivity index (χ3v) is 5.91. The van der Waals surface area contributed by atoms with E-state index in [1.54, 1.807) is 6.20 Å². The zero-order chi connectivity index (χ0) is 27.6. The normalized spacial score (nSPS) is 24.6. The van der Waals surface area contributed by atoms with Gasteiger partial charge in [-0.25, -0.2) is 9.59 Å². The van der Waals surface area contributed by atoms with Crippen LogP contribution in [0.15, 0.2) is 24.5 Å². The van der Waals surface area contributed by atoms with E-state index in [1.807, 2.05) is 12.3 Å². The molecule has 3 unspecified atom stereocenters. The van der Waals surface area contributed by atoms with E-state index in [0.29, 0.717) is 18.7 Å². The SMILES string of the molecule is O=C(O)C(F)(F)F.O=C(O)C(F)(F)F.c1cncc(COC2C3CCC2N(C2CCOCC2)CCO3)c1. The monoisotopic (exact) mass is 546 g/mol. The fourth-order valence-electron chi connectivity index (χ4n) is 4.28. The van der Waals surface area contributed by atoms with Gasteiger partial charge in [0, 0.05) is 44.2 Å². The largest absolute Gasteiger partial charge is 0.490 e. The van der Waals surface area contributed by atoms with Crippen molar-refractivity contribution < 1.29 is 60.4 Å². The molecule has 15 heteroatoms. The molecular formula is C22H28F6N2O7. The molecule has 0 spiro atoms. The predicted molar refractivity (Wildman–Crippen MR) is 114 cm³/mol. The van der Waals surface area contributed by atoms with Gasteiger partial charge in [-0.2, -0.15) is 26.3 Å². The van der Waals surface area contributed by atoms with Crippen molar-refractivity contribution >= 4 is 11.9 Å². The van der Waals surface area contributed by atoms with Crippen LogP contribution in [0, 0.1) is 0 Å². The molecule has 1 aliphatic carbocycles. The van der Waals surface area contributed by atoms with Crippen molar-refractivity contribution in [3.05, 3.63) is 30.1 Å². The van der Waals surface area contributed by atoms with Gasteiger partial charge in [0.25, 0.3) is 0 Å². The van der Waals surface area contributed by atoms with Crippen molar-refractivity contribution in [1.82, 2.24) is 9.88 Å². The first kappa shape index (κ1) is 30.7. The standard InChI is InChI=1S/C18H26N2O3.2C2HF3O2/c1-2-14(12-19-7-1)13-23-18-16-3-4-17(18)22-11-8-20(16)15-5-9-21-10-6-15;2*3-2(4,5)1(6)7/h1-2,7,12,15-18H,3-6,8-11,13H2;2*(H,6,7). The van der Waals surface area contributed by atoms with Gasteiger partial charge >= 0.3 is 24.3 Å². The Labute approximate surface area is 208 Å². The highest BCUT2D eigenvalue weighted by Crippen LogP contribution is 2.35. The first-order valence-corrected chi connectivity index (χ1v) is 11.4. The molecule has 2 aliphatic heterocycles. The number of alkyl halides is 6. The number of hydrogen-bond donors (Lipinski definition) is 2. The van der Waals surface area contributed by atoms with E-state index in [9.17, 15) is 26.3 Å². The van der Waals surface area contributed by atoms with Crippen molar-refractivity contribution in [2.24, 2.45) is 0 Å². The Morgan fingerprint density at radius 3 is 2.11 bits per heavy atom. The molecule has 1 aromatic rings. The second-order valence-electron chi connectivity index (χ2n) is 8.38. The number of carboxylic acids is 2. The van der Waals surface area contributed by atoms with Crippen LogP contribution in [-0.2, 0) is 30.4 Å². The van der Waals surface area contributed by atoms with E-state index < -0.39 is 24.3 Å². The Morgan fingerprint density at radius 1 is 1.00 bits per heavy atom. The quantitative estimate of drug-likeness (QED) is 0.549. The summed E-state index contributed by atoms with van der Waals surface area (Å²) in [4.78, 5) is 24.6. The molecule has 1 aromatic heterocycles. The smallest absolute Gasteiger partial charge is 0.475 e. The number of pyridine rings is 1. The summed E-state index contributed by atoms with van der Waals surface area (Å²) in [6.07, 6.45) is -1.48. The Kier molecular flexibility index (Phi) is 11.5. The van der Waals surface area contributed by atoms with Crippen LogP contribution in [0.2, 0.25) is 0 Å². The summed E-state index contributed by atoms with van der Waals surface area (Å²) < 4.78 is 81.4. The number of hydrogen-bond acceptors (Lipinski definition) is 7. The first-order chi connectivity index (χ1) is 17.3. The molecule has 4 rings (SSSR count). The molecule has 0 aromatic carbocycles. The number of carboxylic acid groups (broad SMARTS) is 2. The summed E-state index contributed by atoms with van der Waals surface area (Å²) in [5.74, 6) is -5.51. The lowest BCUT2D eigenvalue weighted by molar-refractivity contribution is -0.193. The average molecular weight is 546 g/mol. The minimum atomic E-state index is -5.08. The van der Waals surface area contributed by atoms with E-state index in [1.165, 1.54) is 6.42 Å². The Bertz CT molecular complexity index is 826. The van der Waals surface area contributed by atoms with Crippen LogP contribution < -0.4 is 0 Å². The number of nitrogens with zero attached hydrogens (tertiary/aromatic N) is 2. The highest BCUT2D eigenvalue weighted by Gasteiger charge is 2.45. The van der Waals surface area contributed by atoms with Gasteiger partial charge in [0.15, 0.2) is 0 Å². The van der Waals surface area contributed by atoms with E-state index in [-0.39, 0.29) is 12.2 Å². The van der Waals surface area contributed by atoms with E-state index >= 15 is 0 Å². The van der Waals surface area contributed by atoms with Crippen LogP contribution in [0.3, 0.4) is 0 Å². The number of aromatic nitrogens is 1. The van der Waals surface area contributed by atoms with Gasteiger partial charge < -0.3 is 24.4 Å². The Morgan fingerprint density at radius 2 is 1.59 bits per heavy atom. The molecule has 2 bridgehead atoms. The third kappa shape index (κ3) is 10.1. The van der Waals surface area contributed by atoms with Gasteiger partial charge in [-0.1, -0.05) is 6.07 Å². The van der Waals surface area contributed by atoms with E-state index in [2.05, 4.69) is 16.0 Å². The lowest BCUT2D eigenvalue weighted by atomic mass is 10.0. The molecule has 1 saturated carbocycles. The summed E-state index contributed by atoms with van der Waals surface area (Å²) >= 11 is 0. The fourth-order valence-corrected chi connectivity index (χ4v) is 4.28. The molecule has 3 fully saturated rings. The van der Waals surface area contributed by atoms with Gasteiger partial charge in [-0.05, 0) is 37.3 Å². The fraction of sp³-hybridized carbons (Fsp3) is 0.682. The molecular weight excluding hydrogens is 518 g/mol. The van der Waals surface area contributed by atoms with Crippen molar-refractivity contribution in [3.63, 3.8) is 0 Å². The lowest BCUT2D eigenvalue weighted by Crippen LogP contribution is -2.50. The van der Waals surface area contributed by atoms with Crippen LogP contribution in [-0.4, -0.2) is 95.0 Å². The molecule has 37 heavy (non-hydrogen) atoms. The Balaban J connectivity index is 0.000000286. The maximum atomic E-state index is 10.6.